The number of carbonyl (C=O) groups excluding carboxylic acids is 1. The quantitative estimate of drug-likeness (QED) is 0.781. The molecule has 6 heteroatoms. The molecule has 1 rings (SSSR count). The second-order valence-corrected chi connectivity index (χ2v) is 4.15. The third kappa shape index (κ3) is 3.30. The molecule has 0 aliphatic heterocycles. The Hall–Kier alpha value is -1.36. The molecule has 17 heavy (non-hydrogen) atoms. The van der Waals surface area contributed by atoms with Crippen molar-refractivity contribution in [3.05, 3.63) is 28.2 Å². The van der Waals surface area contributed by atoms with Crippen molar-refractivity contribution in [2.75, 3.05) is 5.88 Å². The van der Waals surface area contributed by atoms with Crippen molar-refractivity contribution < 1.29 is 4.79 Å². The van der Waals surface area contributed by atoms with E-state index in [1.807, 2.05) is 13.8 Å². The van der Waals surface area contributed by atoms with Gasteiger partial charge in [0.05, 0.1) is 5.54 Å². The summed E-state index contributed by atoms with van der Waals surface area (Å²) in [6.45, 7) is 3.93. The van der Waals surface area contributed by atoms with Crippen molar-refractivity contribution in [2.24, 2.45) is 0 Å². The van der Waals surface area contributed by atoms with Gasteiger partial charge in [-0.3, -0.25) is 9.59 Å². The SMILES string of the molecule is CCC(CC)(CCl)NC(=O)c1ccc(=O)[nH]n1. The van der Waals surface area contributed by atoms with Crippen LogP contribution in [0.3, 0.4) is 0 Å². The van der Waals surface area contributed by atoms with Crippen LogP contribution in [-0.4, -0.2) is 27.5 Å². The largest absolute Gasteiger partial charge is 0.344 e. The number of hydrogen-bond acceptors (Lipinski definition) is 3. The number of halogens is 1. The minimum atomic E-state index is -0.420. The van der Waals surface area contributed by atoms with Crippen molar-refractivity contribution in [1.29, 1.82) is 0 Å². The molecule has 0 fully saturated rings. The lowest BCUT2D eigenvalue weighted by molar-refractivity contribution is 0.0896. The third-order valence-corrected chi connectivity index (χ3v) is 3.41. The van der Waals surface area contributed by atoms with E-state index in [1.165, 1.54) is 12.1 Å². The average molecular weight is 258 g/mol. The Kier molecular flexibility index (Phi) is 4.69. The van der Waals surface area contributed by atoms with E-state index in [1.54, 1.807) is 0 Å². The molecule has 0 aliphatic rings. The molecule has 0 aliphatic carbocycles. The Bertz CT molecular complexity index is 412. The highest BCUT2D eigenvalue weighted by molar-refractivity contribution is 6.18. The summed E-state index contributed by atoms with van der Waals surface area (Å²) >= 11 is 5.89. The van der Waals surface area contributed by atoms with Crippen molar-refractivity contribution >= 4 is 17.5 Å². The number of nitrogens with zero attached hydrogens (tertiary/aromatic N) is 1. The average Bonchev–Trinajstić information content (AvgIpc) is 2.37. The molecule has 0 spiro atoms. The van der Waals surface area contributed by atoms with Gasteiger partial charge in [-0.05, 0) is 18.9 Å². The molecular formula is C11H16ClN3O2. The number of aromatic amines is 1. The maximum absolute atomic E-state index is 11.9. The topological polar surface area (TPSA) is 74.8 Å². The monoisotopic (exact) mass is 257 g/mol. The van der Waals surface area contributed by atoms with Gasteiger partial charge in [0.2, 0.25) is 0 Å². The first-order valence-corrected chi connectivity index (χ1v) is 6.04. The van der Waals surface area contributed by atoms with Crippen LogP contribution in [0.1, 0.15) is 37.2 Å². The van der Waals surface area contributed by atoms with Gasteiger partial charge in [-0.2, -0.15) is 5.10 Å². The molecule has 0 aromatic carbocycles. The zero-order valence-corrected chi connectivity index (χ0v) is 10.7. The van der Waals surface area contributed by atoms with Crippen LogP contribution >= 0.6 is 11.6 Å². The van der Waals surface area contributed by atoms with Crippen LogP contribution in [-0.2, 0) is 0 Å². The lowest BCUT2D eigenvalue weighted by atomic mass is 9.95. The second-order valence-electron chi connectivity index (χ2n) is 3.88. The smallest absolute Gasteiger partial charge is 0.272 e. The van der Waals surface area contributed by atoms with E-state index >= 15 is 0 Å². The summed E-state index contributed by atoms with van der Waals surface area (Å²) in [7, 11) is 0. The maximum Gasteiger partial charge on any atom is 0.272 e. The van der Waals surface area contributed by atoms with Crippen LogP contribution in [0.15, 0.2) is 16.9 Å². The van der Waals surface area contributed by atoms with Crippen LogP contribution < -0.4 is 10.9 Å². The molecule has 2 N–H and O–H groups in total. The highest BCUT2D eigenvalue weighted by atomic mass is 35.5. The maximum atomic E-state index is 11.9. The van der Waals surface area contributed by atoms with Gasteiger partial charge in [-0.15, -0.1) is 11.6 Å². The summed E-state index contributed by atoms with van der Waals surface area (Å²) in [6.07, 6.45) is 1.48. The summed E-state index contributed by atoms with van der Waals surface area (Å²) in [5.41, 5.74) is -0.576. The van der Waals surface area contributed by atoms with Crippen molar-refractivity contribution in [3.63, 3.8) is 0 Å². The molecule has 1 amide bonds. The number of aromatic nitrogens is 2. The predicted molar refractivity (Wildman–Crippen MR) is 66.4 cm³/mol. The molecular weight excluding hydrogens is 242 g/mol. The van der Waals surface area contributed by atoms with Gasteiger partial charge in [0.25, 0.3) is 11.5 Å². The van der Waals surface area contributed by atoms with Crippen LogP contribution in [0.5, 0.6) is 0 Å². The molecule has 1 heterocycles. The Morgan fingerprint density at radius 1 is 1.47 bits per heavy atom. The summed E-state index contributed by atoms with van der Waals surface area (Å²) in [5, 5.41) is 8.75. The number of rotatable bonds is 5. The van der Waals surface area contributed by atoms with E-state index in [0.717, 1.165) is 12.8 Å². The zero-order valence-electron chi connectivity index (χ0n) is 9.92. The molecule has 0 saturated carbocycles. The standard InChI is InChI=1S/C11H16ClN3O2/c1-3-11(4-2,7-12)13-10(17)8-5-6-9(16)15-14-8/h5-6H,3-4,7H2,1-2H3,(H,13,17)(H,15,16). The number of carbonyl (C=O) groups is 1. The van der Waals surface area contributed by atoms with E-state index in [9.17, 15) is 9.59 Å². The van der Waals surface area contributed by atoms with Crippen LogP contribution in [0.4, 0.5) is 0 Å². The van der Waals surface area contributed by atoms with Crippen molar-refractivity contribution in [1.82, 2.24) is 15.5 Å². The van der Waals surface area contributed by atoms with E-state index in [4.69, 9.17) is 11.6 Å². The van der Waals surface area contributed by atoms with E-state index in [-0.39, 0.29) is 17.2 Å². The minimum Gasteiger partial charge on any atom is -0.344 e. The Morgan fingerprint density at radius 2 is 2.12 bits per heavy atom. The van der Waals surface area contributed by atoms with E-state index in [2.05, 4.69) is 15.5 Å². The number of hydrogen-bond donors (Lipinski definition) is 2. The Labute approximate surface area is 105 Å². The highest BCUT2D eigenvalue weighted by Gasteiger charge is 2.27. The first kappa shape index (κ1) is 13.7. The fraction of sp³-hybridized carbons (Fsp3) is 0.545. The lowest BCUT2D eigenvalue weighted by Gasteiger charge is -2.30. The second kappa shape index (κ2) is 5.82. The number of H-pyrrole nitrogens is 1. The third-order valence-electron chi connectivity index (χ3n) is 2.90. The molecule has 5 nitrogen and oxygen atoms in total. The zero-order chi connectivity index (χ0) is 12.9. The molecule has 94 valence electrons. The van der Waals surface area contributed by atoms with Gasteiger partial charge in [0, 0.05) is 11.9 Å². The van der Waals surface area contributed by atoms with E-state index in [0.29, 0.717) is 5.88 Å². The van der Waals surface area contributed by atoms with Gasteiger partial charge in [-0.1, -0.05) is 13.8 Å². The van der Waals surface area contributed by atoms with Crippen LogP contribution in [0, 0.1) is 0 Å². The molecule has 0 saturated heterocycles. The summed E-state index contributed by atoms with van der Waals surface area (Å²) in [4.78, 5) is 22.7. The normalized spacial score (nSPS) is 11.2. The molecule has 0 radical (unpaired) electrons. The Balaban J connectivity index is 2.84. The summed E-state index contributed by atoms with van der Waals surface area (Å²) < 4.78 is 0. The summed E-state index contributed by atoms with van der Waals surface area (Å²) in [5.74, 6) is 0.0142. The van der Waals surface area contributed by atoms with Crippen molar-refractivity contribution in [2.45, 2.75) is 32.2 Å². The fourth-order valence-electron chi connectivity index (χ4n) is 1.42. The predicted octanol–water partition coefficient (Wildman–Crippen LogP) is 1.30. The summed E-state index contributed by atoms with van der Waals surface area (Å²) in [6, 6.07) is 2.65. The van der Waals surface area contributed by atoms with Crippen LogP contribution in [0.25, 0.3) is 0 Å². The van der Waals surface area contributed by atoms with Gasteiger partial charge in [-0.25, -0.2) is 5.10 Å². The van der Waals surface area contributed by atoms with Gasteiger partial charge in [0.15, 0.2) is 0 Å². The molecule has 1 aromatic rings. The van der Waals surface area contributed by atoms with Crippen molar-refractivity contribution in [3.8, 4) is 0 Å². The first-order chi connectivity index (χ1) is 8.06. The molecule has 1 aromatic heterocycles. The van der Waals surface area contributed by atoms with Crippen LogP contribution in [0.2, 0.25) is 0 Å². The molecule has 0 bridgehead atoms. The number of amides is 1. The number of nitrogens with one attached hydrogen (secondary N) is 2. The van der Waals surface area contributed by atoms with E-state index < -0.39 is 5.54 Å². The first-order valence-electron chi connectivity index (χ1n) is 5.51. The lowest BCUT2D eigenvalue weighted by Crippen LogP contribution is -2.49. The highest BCUT2D eigenvalue weighted by Crippen LogP contribution is 2.17. The minimum absolute atomic E-state index is 0.181. The fourth-order valence-corrected chi connectivity index (χ4v) is 1.87. The van der Waals surface area contributed by atoms with Gasteiger partial charge in [0.1, 0.15) is 5.69 Å². The Morgan fingerprint density at radius 3 is 2.53 bits per heavy atom. The van der Waals surface area contributed by atoms with Gasteiger partial charge < -0.3 is 5.32 Å². The van der Waals surface area contributed by atoms with Gasteiger partial charge >= 0.3 is 0 Å². The molecule has 0 atom stereocenters. The number of alkyl halides is 1. The molecule has 0 unspecified atom stereocenters.